The third-order valence-electron chi connectivity index (χ3n) is 2.12. The van der Waals surface area contributed by atoms with Crippen molar-refractivity contribution >= 4 is 20.2 Å². The summed E-state index contributed by atoms with van der Waals surface area (Å²) in [5.74, 6) is 0. The van der Waals surface area contributed by atoms with Gasteiger partial charge >= 0.3 is 6.18 Å². The lowest BCUT2D eigenvalue weighted by atomic mass is 10.1. The van der Waals surface area contributed by atoms with E-state index in [0.717, 1.165) is 5.56 Å². The SMILES string of the molecule is FC(F)(F)CC([SiH2]O[SiH3])c1ccccc1. The number of benzene rings is 1. The molecule has 0 N–H and O–H groups in total. The Kier molecular flexibility index (Phi) is 4.55. The minimum atomic E-state index is -4.10. The number of hydrogen-bond donors (Lipinski definition) is 0. The fourth-order valence-electron chi connectivity index (χ4n) is 1.48. The molecule has 1 aromatic carbocycles. The molecule has 0 fully saturated rings. The Morgan fingerprint density at radius 2 is 1.87 bits per heavy atom. The summed E-state index contributed by atoms with van der Waals surface area (Å²) in [6.07, 6.45) is -4.86. The first-order chi connectivity index (χ1) is 7.03. The van der Waals surface area contributed by atoms with Gasteiger partial charge in [0.1, 0.15) is 10.5 Å². The zero-order chi connectivity index (χ0) is 11.3. The Morgan fingerprint density at radius 3 is 2.33 bits per heavy atom. The van der Waals surface area contributed by atoms with Crippen molar-refractivity contribution in [3.05, 3.63) is 35.9 Å². The van der Waals surface area contributed by atoms with Crippen LogP contribution in [0.3, 0.4) is 0 Å². The standard InChI is InChI=1S/C9H13F3OSi2/c10-9(11,12)6-8(15-13-14)7-4-2-1-3-5-7/h1-5,8H,6,15H2,14H3. The largest absolute Gasteiger partial charge is 0.468 e. The molecule has 0 saturated heterocycles. The monoisotopic (exact) mass is 250 g/mol. The lowest BCUT2D eigenvalue weighted by Gasteiger charge is -2.17. The Morgan fingerprint density at radius 1 is 1.27 bits per heavy atom. The van der Waals surface area contributed by atoms with Gasteiger partial charge in [-0.15, -0.1) is 0 Å². The molecule has 0 spiro atoms. The van der Waals surface area contributed by atoms with Gasteiger partial charge in [0.05, 0.1) is 0 Å². The van der Waals surface area contributed by atoms with Gasteiger partial charge in [0.25, 0.3) is 0 Å². The number of rotatable bonds is 4. The molecule has 1 nitrogen and oxygen atoms in total. The molecule has 0 aliphatic heterocycles. The van der Waals surface area contributed by atoms with Gasteiger partial charge in [0, 0.05) is 12.0 Å². The van der Waals surface area contributed by atoms with Gasteiger partial charge in [-0.05, 0) is 5.56 Å². The maximum Gasteiger partial charge on any atom is 0.389 e. The van der Waals surface area contributed by atoms with Crippen LogP contribution in [0.4, 0.5) is 13.2 Å². The van der Waals surface area contributed by atoms with Crippen LogP contribution in [0.1, 0.15) is 17.5 Å². The molecule has 1 unspecified atom stereocenters. The van der Waals surface area contributed by atoms with Crippen LogP contribution in [0.2, 0.25) is 0 Å². The smallest absolute Gasteiger partial charge is 0.389 e. The first-order valence-electron chi connectivity index (χ1n) is 4.63. The van der Waals surface area contributed by atoms with E-state index in [1.807, 2.05) is 0 Å². The van der Waals surface area contributed by atoms with Crippen LogP contribution in [-0.2, 0) is 4.12 Å². The molecule has 0 aliphatic rings. The van der Waals surface area contributed by atoms with Crippen molar-refractivity contribution in [3.63, 3.8) is 0 Å². The third kappa shape index (κ3) is 4.63. The van der Waals surface area contributed by atoms with Crippen molar-refractivity contribution in [1.82, 2.24) is 0 Å². The molecular weight excluding hydrogens is 237 g/mol. The maximum atomic E-state index is 12.3. The van der Waals surface area contributed by atoms with E-state index in [-0.39, 0.29) is 0 Å². The normalized spacial score (nSPS) is 14.9. The second kappa shape index (κ2) is 5.48. The summed E-state index contributed by atoms with van der Waals surface area (Å²) in [6.45, 7) is 0. The van der Waals surface area contributed by atoms with Crippen LogP contribution >= 0.6 is 0 Å². The second-order valence-electron chi connectivity index (χ2n) is 3.38. The second-order valence-corrected chi connectivity index (χ2v) is 7.01. The van der Waals surface area contributed by atoms with Gasteiger partial charge in [-0.25, -0.2) is 0 Å². The average molecular weight is 250 g/mol. The van der Waals surface area contributed by atoms with Gasteiger partial charge in [-0.2, -0.15) is 13.2 Å². The average Bonchev–Trinajstić information content (AvgIpc) is 2.17. The maximum absolute atomic E-state index is 12.3. The van der Waals surface area contributed by atoms with Gasteiger partial charge in [-0.3, -0.25) is 0 Å². The molecule has 0 aromatic heterocycles. The molecule has 1 atom stereocenters. The minimum absolute atomic E-state index is 0.441. The first-order valence-corrected chi connectivity index (χ1v) is 6.84. The first kappa shape index (κ1) is 12.5. The molecule has 1 aromatic rings. The molecule has 6 heteroatoms. The molecule has 0 heterocycles. The van der Waals surface area contributed by atoms with E-state index in [2.05, 4.69) is 0 Å². The van der Waals surface area contributed by atoms with Gasteiger partial charge < -0.3 is 4.12 Å². The van der Waals surface area contributed by atoms with E-state index < -0.39 is 27.9 Å². The predicted octanol–water partition coefficient (Wildman–Crippen LogP) is 1.06. The molecule has 0 amide bonds. The summed E-state index contributed by atoms with van der Waals surface area (Å²) in [5, 5.41) is 0. The van der Waals surface area contributed by atoms with Crippen molar-refractivity contribution in [2.24, 2.45) is 0 Å². The van der Waals surface area contributed by atoms with Gasteiger partial charge in [0.2, 0.25) is 0 Å². The van der Waals surface area contributed by atoms with Crippen molar-refractivity contribution < 1.29 is 17.3 Å². The quantitative estimate of drug-likeness (QED) is 0.726. The van der Waals surface area contributed by atoms with Crippen LogP contribution in [0, 0.1) is 0 Å². The number of halogens is 3. The van der Waals surface area contributed by atoms with Crippen molar-refractivity contribution in [1.29, 1.82) is 0 Å². The Balaban J connectivity index is 2.75. The molecule has 0 bridgehead atoms. The van der Waals surface area contributed by atoms with E-state index in [0.29, 0.717) is 10.5 Å². The lowest BCUT2D eigenvalue weighted by Crippen LogP contribution is -2.19. The van der Waals surface area contributed by atoms with Crippen LogP contribution < -0.4 is 0 Å². The fraction of sp³-hybridized carbons (Fsp3) is 0.333. The Labute approximate surface area is 92.1 Å². The van der Waals surface area contributed by atoms with Crippen LogP contribution in [0.15, 0.2) is 30.3 Å². The highest BCUT2D eigenvalue weighted by Crippen LogP contribution is 2.30. The summed E-state index contributed by atoms with van der Waals surface area (Å²) in [4.78, 5) is 0. The highest BCUT2D eigenvalue weighted by molar-refractivity contribution is 6.36. The molecule has 0 radical (unpaired) electrons. The van der Waals surface area contributed by atoms with Crippen LogP contribution in [-0.4, -0.2) is 26.4 Å². The lowest BCUT2D eigenvalue weighted by molar-refractivity contribution is -0.135. The van der Waals surface area contributed by atoms with Crippen LogP contribution in [0.5, 0.6) is 0 Å². The number of alkyl halides is 3. The predicted molar refractivity (Wildman–Crippen MR) is 59.4 cm³/mol. The van der Waals surface area contributed by atoms with Crippen molar-refractivity contribution in [2.75, 3.05) is 0 Å². The highest BCUT2D eigenvalue weighted by Gasteiger charge is 2.32. The topological polar surface area (TPSA) is 9.23 Å². The Hall–Kier alpha value is -0.596. The molecular formula is C9H13F3OSi2. The summed E-state index contributed by atoms with van der Waals surface area (Å²) >= 11 is 0. The Bertz CT molecular complexity index is 289. The highest BCUT2D eigenvalue weighted by atomic mass is 28.3. The summed E-state index contributed by atoms with van der Waals surface area (Å²) in [5.41, 5.74) is 0.307. The van der Waals surface area contributed by atoms with E-state index in [1.165, 1.54) is 0 Å². The minimum Gasteiger partial charge on any atom is -0.468 e. The zero-order valence-corrected chi connectivity index (χ0v) is 11.8. The van der Waals surface area contributed by atoms with Gasteiger partial charge in [-0.1, -0.05) is 30.3 Å². The summed E-state index contributed by atoms with van der Waals surface area (Å²) < 4.78 is 42.0. The van der Waals surface area contributed by atoms with Crippen molar-refractivity contribution in [3.8, 4) is 0 Å². The zero-order valence-electron chi connectivity index (χ0n) is 8.42. The molecule has 84 valence electrons. The molecule has 0 aliphatic carbocycles. The van der Waals surface area contributed by atoms with E-state index in [9.17, 15) is 13.2 Å². The number of hydrogen-bond acceptors (Lipinski definition) is 1. The molecule has 0 saturated carbocycles. The van der Waals surface area contributed by atoms with E-state index >= 15 is 0 Å². The van der Waals surface area contributed by atoms with Gasteiger partial charge in [0.15, 0.2) is 9.76 Å². The molecule has 15 heavy (non-hydrogen) atoms. The third-order valence-corrected chi connectivity index (χ3v) is 4.61. The van der Waals surface area contributed by atoms with Crippen LogP contribution in [0.25, 0.3) is 0 Å². The summed E-state index contributed by atoms with van der Waals surface area (Å²) in [7, 11) is -0.577. The van der Waals surface area contributed by atoms with E-state index in [1.54, 1.807) is 30.3 Å². The fourth-order valence-corrected chi connectivity index (χ4v) is 4.00. The summed E-state index contributed by atoms with van der Waals surface area (Å²) in [6, 6.07) is 8.81. The molecule has 1 rings (SSSR count). The van der Waals surface area contributed by atoms with Crippen molar-refractivity contribution in [2.45, 2.75) is 18.1 Å². The van der Waals surface area contributed by atoms with E-state index in [4.69, 9.17) is 4.12 Å².